The van der Waals surface area contributed by atoms with Crippen LogP contribution in [0.1, 0.15) is 17.2 Å². The van der Waals surface area contributed by atoms with E-state index in [-0.39, 0.29) is 42.4 Å². The molecule has 1 heterocycles. The van der Waals surface area contributed by atoms with Crippen molar-refractivity contribution in [2.75, 3.05) is 26.2 Å². The van der Waals surface area contributed by atoms with Gasteiger partial charge in [-0.25, -0.2) is 0 Å². The Bertz CT molecular complexity index is 532. The first kappa shape index (κ1) is 23.8. The van der Waals surface area contributed by atoms with Gasteiger partial charge in [-0.2, -0.15) is 26.3 Å². The number of halogens is 9. The minimum atomic E-state index is -4.70. The van der Waals surface area contributed by atoms with Crippen LogP contribution in [0.2, 0.25) is 0 Å². The van der Waals surface area contributed by atoms with Gasteiger partial charge in [0.05, 0.1) is 5.56 Å². The van der Waals surface area contributed by atoms with Crippen LogP contribution in [0.25, 0.3) is 0 Å². The highest BCUT2D eigenvalue weighted by atomic mass is 79.9. The van der Waals surface area contributed by atoms with Crippen molar-refractivity contribution >= 4 is 40.7 Å². The molecule has 1 aromatic carbocycles. The number of nitrogens with one attached hydrogen (secondary N) is 1. The van der Waals surface area contributed by atoms with Gasteiger partial charge in [-0.15, -0.1) is 24.8 Å². The summed E-state index contributed by atoms with van der Waals surface area (Å²) in [5.74, 6) is 0. The monoisotopic (exact) mass is 462 g/mol. The molecule has 2 rings (SSSR count). The zero-order valence-corrected chi connectivity index (χ0v) is 15.3. The van der Waals surface area contributed by atoms with E-state index in [1.165, 1.54) is 0 Å². The molecule has 0 bridgehead atoms. The Morgan fingerprint density at radius 3 is 1.96 bits per heavy atom. The number of hydrogen-bond acceptors (Lipinski definition) is 2. The average molecular weight is 464 g/mol. The summed E-state index contributed by atoms with van der Waals surface area (Å²) in [7, 11) is 0. The molecule has 24 heavy (non-hydrogen) atoms. The van der Waals surface area contributed by atoms with Gasteiger partial charge in [0, 0.05) is 30.7 Å². The normalized spacial score (nSPS) is 17.6. The Balaban J connectivity index is 0.00000264. The zero-order chi connectivity index (χ0) is 16.5. The Hall–Kier alpha value is -0.220. The van der Waals surface area contributed by atoms with Crippen molar-refractivity contribution in [1.82, 2.24) is 10.2 Å². The highest BCUT2D eigenvalue weighted by Crippen LogP contribution is 2.41. The van der Waals surface area contributed by atoms with Gasteiger partial charge < -0.3 is 5.32 Å². The number of hydrogen-bond donors (Lipinski definition) is 1. The van der Waals surface area contributed by atoms with Crippen molar-refractivity contribution in [3.8, 4) is 0 Å². The van der Waals surface area contributed by atoms with Crippen LogP contribution in [0, 0.1) is 0 Å². The molecule has 1 atom stereocenters. The number of piperazine rings is 1. The zero-order valence-electron chi connectivity index (χ0n) is 12.0. The van der Waals surface area contributed by atoms with Gasteiger partial charge in [-0.05, 0) is 23.8 Å². The van der Waals surface area contributed by atoms with E-state index in [1.54, 1.807) is 0 Å². The second-order valence-corrected chi connectivity index (χ2v) is 5.92. The molecular weight excluding hydrogens is 449 g/mol. The summed E-state index contributed by atoms with van der Waals surface area (Å²) in [6, 6.07) is 0.392. The third-order valence-corrected chi connectivity index (χ3v) is 3.85. The average Bonchev–Trinajstić information content (AvgIpc) is 2.36. The smallest absolute Gasteiger partial charge is 0.314 e. The molecule has 2 nitrogen and oxygen atoms in total. The van der Waals surface area contributed by atoms with Gasteiger partial charge in [0.2, 0.25) is 0 Å². The topological polar surface area (TPSA) is 15.3 Å². The molecule has 0 spiro atoms. The predicted octanol–water partition coefficient (Wildman–Crippen LogP) is 4.82. The Kier molecular flexibility index (Phi) is 8.85. The van der Waals surface area contributed by atoms with E-state index < -0.39 is 29.5 Å². The molecule has 0 aromatic heterocycles. The minimum Gasteiger partial charge on any atom is -0.314 e. The van der Waals surface area contributed by atoms with Crippen molar-refractivity contribution in [1.29, 1.82) is 0 Å². The number of benzene rings is 1. The van der Waals surface area contributed by atoms with Crippen LogP contribution in [0.5, 0.6) is 0 Å². The quantitative estimate of drug-likeness (QED) is 0.632. The molecule has 0 amide bonds. The van der Waals surface area contributed by atoms with Crippen LogP contribution in [-0.4, -0.2) is 37.3 Å². The molecule has 0 saturated carbocycles. The summed E-state index contributed by atoms with van der Waals surface area (Å²) in [6.07, 6.45) is -9.35. The van der Waals surface area contributed by atoms with Gasteiger partial charge in [0.15, 0.2) is 0 Å². The van der Waals surface area contributed by atoms with Crippen LogP contribution in [0.15, 0.2) is 22.7 Å². The standard InChI is InChI=1S/C13H13BrF6N2.2ClH/c14-10-6-8(5-9(7-10)12(15,16)17)11(13(18,19)20)22-3-1-21-2-4-22;;/h5-7,11,21H,1-4H2;2*1H/t11-;;/m1../s1. The molecule has 1 aliphatic rings. The SMILES string of the molecule is Cl.Cl.FC(F)(F)c1cc(Br)cc([C@@H](N2CCNCC2)C(F)(F)F)c1. The molecule has 1 aromatic rings. The first-order valence-corrected chi connectivity index (χ1v) is 7.27. The third kappa shape index (κ3) is 5.94. The van der Waals surface area contributed by atoms with E-state index in [4.69, 9.17) is 0 Å². The van der Waals surface area contributed by atoms with Gasteiger partial charge in [0.25, 0.3) is 0 Å². The van der Waals surface area contributed by atoms with Crippen molar-refractivity contribution in [2.45, 2.75) is 18.4 Å². The molecule has 1 aliphatic heterocycles. The Morgan fingerprint density at radius 1 is 0.958 bits per heavy atom. The molecule has 11 heteroatoms. The number of alkyl halides is 6. The van der Waals surface area contributed by atoms with Crippen LogP contribution < -0.4 is 5.32 Å². The predicted molar refractivity (Wildman–Crippen MR) is 86.9 cm³/mol. The lowest BCUT2D eigenvalue weighted by molar-refractivity contribution is -0.188. The molecular formula is C13H15BrCl2F6N2. The summed E-state index contributed by atoms with van der Waals surface area (Å²) in [6.45, 7) is 0.982. The summed E-state index contributed by atoms with van der Waals surface area (Å²) in [4.78, 5) is 1.15. The molecule has 1 fully saturated rings. The lowest BCUT2D eigenvalue weighted by atomic mass is 10.0. The summed E-state index contributed by atoms with van der Waals surface area (Å²) < 4.78 is 78.6. The molecule has 140 valence electrons. The highest BCUT2D eigenvalue weighted by Gasteiger charge is 2.45. The summed E-state index contributed by atoms with van der Waals surface area (Å²) >= 11 is 2.87. The summed E-state index contributed by atoms with van der Waals surface area (Å²) in [5, 5.41) is 2.92. The van der Waals surface area contributed by atoms with E-state index >= 15 is 0 Å². The fraction of sp³-hybridized carbons (Fsp3) is 0.538. The molecule has 1 N–H and O–H groups in total. The molecule has 0 aliphatic carbocycles. The van der Waals surface area contributed by atoms with E-state index in [9.17, 15) is 26.3 Å². The Labute approximate surface area is 155 Å². The minimum absolute atomic E-state index is 0. The molecule has 1 saturated heterocycles. The third-order valence-electron chi connectivity index (χ3n) is 3.39. The van der Waals surface area contributed by atoms with Crippen molar-refractivity contribution in [3.05, 3.63) is 33.8 Å². The van der Waals surface area contributed by atoms with Crippen LogP contribution >= 0.6 is 40.7 Å². The maximum absolute atomic E-state index is 13.4. The second kappa shape index (κ2) is 8.93. The molecule has 0 radical (unpaired) electrons. The van der Waals surface area contributed by atoms with Gasteiger partial charge >= 0.3 is 12.4 Å². The molecule has 0 unspecified atom stereocenters. The fourth-order valence-electron chi connectivity index (χ4n) is 2.48. The number of rotatable bonds is 2. The van der Waals surface area contributed by atoms with Crippen LogP contribution in [-0.2, 0) is 6.18 Å². The maximum atomic E-state index is 13.4. The maximum Gasteiger partial charge on any atom is 0.416 e. The summed E-state index contributed by atoms with van der Waals surface area (Å²) in [5.41, 5.74) is -1.50. The van der Waals surface area contributed by atoms with E-state index in [0.29, 0.717) is 19.2 Å². The van der Waals surface area contributed by atoms with E-state index in [0.717, 1.165) is 17.0 Å². The fourth-order valence-corrected chi connectivity index (χ4v) is 2.99. The first-order chi connectivity index (χ1) is 10.1. The van der Waals surface area contributed by atoms with Crippen LogP contribution in [0.3, 0.4) is 0 Å². The van der Waals surface area contributed by atoms with E-state index in [2.05, 4.69) is 21.2 Å². The van der Waals surface area contributed by atoms with Crippen molar-refractivity contribution in [2.24, 2.45) is 0 Å². The second-order valence-electron chi connectivity index (χ2n) is 5.00. The van der Waals surface area contributed by atoms with Crippen LogP contribution in [0.4, 0.5) is 26.3 Å². The van der Waals surface area contributed by atoms with Crippen molar-refractivity contribution < 1.29 is 26.3 Å². The highest BCUT2D eigenvalue weighted by molar-refractivity contribution is 9.10. The first-order valence-electron chi connectivity index (χ1n) is 6.48. The van der Waals surface area contributed by atoms with Crippen molar-refractivity contribution in [3.63, 3.8) is 0 Å². The Morgan fingerprint density at radius 2 is 1.50 bits per heavy atom. The van der Waals surface area contributed by atoms with Gasteiger partial charge in [0.1, 0.15) is 6.04 Å². The largest absolute Gasteiger partial charge is 0.416 e. The van der Waals surface area contributed by atoms with Gasteiger partial charge in [-0.3, -0.25) is 4.90 Å². The van der Waals surface area contributed by atoms with Gasteiger partial charge in [-0.1, -0.05) is 15.9 Å². The lowest BCUT2D eigenvalue weighted by Gasteiger charge is -2.36. The number of nitrogens with zero attached hydrogens (tertiary/aromatic N) is 1. The van der Waals surface area contributed by atoms with E-state index in [1.807, 2.05) is 0 Å². The lowest BCUT2D eigenvalue weighted by Crippen LogP contribution is -2.49.